The maximum Gasteiger partial charge on any atom is 0.416 e. The minimum Gasteiger partial charge on any atom is -0.308 e. The Morgan fingerprint density at radius 3 is 2.50 bits per heavy atom. The molecule has 4 nitrogen and oxygen atoms in total. The third-order valence-electron chi connectivity index (χ3n) is 3.68. The van der Waals surface area contributed by atoms with E-state index in [0.29, 0.717) is 11.1 Å². The second-order valence-corrected chi connectivity index (χ2v) is 5.56. The van der Waals surface area contributed by atoms with Crippen molar-refractivity contribution in [3.05, 3.63) is 86.2 Å². The largest absolute Gasteiger partial charge is 0.416 e. The van der Waals surface area contributed by atoms with E-state index < -0.39 is 17.3 Å². The molecule has 0 spiro atoms. The molecule has 0 saturated heterocycles. The van der Waals surface area contributed by atoms with E-state index in [0.717, 1.165) is 12.1 Å². The predicted molar refractivity (Wildman–Crippen MR) is 83.2 cm³/mol. The molecular weight excluding hydrogens is 321 g/mol. The van der Waals surface area contributed by atoms with Gasteiger partial charge >= 0.3 is 6.18 Å². The number of alkyl halides is 3. The second kappa shape index (κ2) is 5.67. The summed E-state index contributed by atoms with van der Waals surface area (Å²) >= 11 is 0. The number of fused-ring (bicyclic) bond motifs is 1. The molecule has 3 rings (SSSR count). The van der Waals surface area contributed by atoms with Gasteiger partial charge in [-0.05, 0) is 30.7 Å². The summed E-state index contributed by atoms with van der Waals surface area (Å²) in [5.41, 5.74) is -0.523. The summed E-state index contributed by atoms with van der Waals surface area (Å²) in [4.78, 5) is 24.1. The maximum atomic E-state index is 12.9. The Morgan fingerprint density at radius 2 is 1.79 bits per heavy atom. The lowest BCUT2D eigenvalue weighted by Gasteiger charge is -2.12. The maximum absolute atomic E-state index is 12.9. The molecule has 124 valence electrons. The molecule has 0 aliphatic heterocycles. The molecule has 0 radical (unpaired) electrons. The number of aryl methyl sites for hydroxylation is 1. The highest BCUT2D eigenvalue weighted by molar-refractivity contribution is 5.44. The zero-order chi connectivity index (χ0) is 17.5. The summed E-state index contributed by atoms with van der Waals surface area (Å²) in [6, 6.07) is 7.98. The Bertz CT molecular complexity index is 1030. The fourth-order valence-electron chi connectivity index (χ4n) is 2.63. The van der Waals surface area contributed by atoms with E-state index in [1.807, 2.05) is 0 Å². The van der Waals surface area contributed by atoms with Crippen LogP contribution < -0.4 is 11.1 Å². The van der Waals surface area contributed by atoms with Crippen molar-refractivity contribution in [2.45, 2.75) is 19.6 Å². The Hall–Kier alpha value is -2.83. The van der Waals surface area contributed by atoms with Crippen LogP contribution in [0.15, 0.2) is 58.4 Å². The molecule has 1 aromatic carbocycles. The van der Waals surface area contributed by atoms with Crippen molar-refractivity contribution in [3.8, 4) is 0 Å². The van der Waals surface area contributed by atoms with Crippen molar-refractivity contribution in [2.75, 3.05) is 0 Å². The molecule has 7 heteroatoms. The molecule has 2 aromatic heterocycles. The average Bonchev–Trinajstić information content (AvgIpc) is 2.49. The summed E-state index contributed by atoms with van der Waals surface area (Å²) in [5, 5.41) is 0. The predicted octanol–water partition coefficient (Wildman–Crippen LogP) is 2.84. The molecule has 0 saturated carbocycles. The molecule has 0 N–H and O–H groups in total. The van der Waals surface area contributed by atoms with Crippen LogP contribution in [0.3, 0.4) is 0 Å². The number of halogens is 3. The van der Waals surface area contributed by atoms with E-state index in [2.05, 4.69) is 0 Å². The van der Waals surface area contributed by atoms with Gasteiger partial charge in [-0.15, -0.1) is 0 Å². The second-order valence-electron chi connectivity index (χ2n) is 5.56. The van der Waals surface area contributed by atoms with Crippen molar-refractivity contribution in [1.29, 1.82) is 0 Å². The minimum absolute atomic E-state index is 0.0107. The van der Waals surface area contributed by atoms with Crippen LogP contribution in [0, 0.1) is 6.92 Å². The van der Waals surface area contributed by atoms with E-state index in [1.54, 1.807) is 13.0 Å². The lowest BCUT2D eigenvalue weighted by Crippen LogP contribution is -2.26. The highest BCUT2D eigenvalue weighted by Crippen LogP contribution is 2.30. The molecule has 0 unspecified atom stereocenters. The highest BCUT2D eigenvalue weighted by Gasteiger charge is 2.30. The molecule has 0 atom stereocenters. The standard InChI is InChI=1S/C17H13F3N2O2/c1-11-7-12(9-13(8-11)17(18,19)20)10-21-5-6-22-14(16(21)24)3-2-4-15(22)23/h2-9H,10H2,1H3. The van der Waals surface area contributed by atoms with Crippen molar-refractivity contribution >= 4 is 5.52 Å². The first-order valence-corrected chi connectivity index (χ1v) is 7.14. The Balaban J connectivity index is 2.08. The summed E-state index contributed by atoms with van der Waals surface area (Å²) < 4.78 is 41.2. The summed E-state index contributed by atoms with van der Waals surface area (Å²) in [5.74, 6) is 0. The van der Waals surface area contributed by atoms with Gasteiger partial charge < -0.3 is 4.57 Å². The number of rotatable bonds is 2. The first-order valence-electron chi connectivity index (χ1n) is 7.14. The van der Waals surface area contributed by atoms with E-state index in [1.165, 1.54) is 39.6 Å². The van der Waals surface area contributed by atoms with Crippen LogP contribution in [-0.4, -0.2) is 8.97 Å². The number of benzene rings is 1. The average molecular weight is 334 g/mol. The normalized spacial score (nSPS) is 11.8. The van der Waals surface area contributed by atoms with Crippen LogP contribution in [0.2, 0.25) is 0 Å². The van der Waals surface area contributed by atoms with Crippen molar-refractivity contribution < 1.29 is 13.2 Å². The van der Waals surface area contributed by atoms with Crippen LogP contribution in [0.1, 0.15) is 16.7 Å². The van der Waals surface area contributed by atoms with Crippen LogP contribution in [0.4, 0.5) is 13.2 Å². The first kappa shape index (κ1) is 16.0. The Labute approximate surface area is 134 Å². The Morgan fingerprint density at radius 1 is 1.04 bits per heavy atom. The van der Waals surface area contributed by atoms with E-state index in [4.69, 9.17) is 0 Å². The first-order chi connectivity index (χ1) is 11.3. The van der Waals surface area contributed by atoms with Crippen LogP contribution in [0.5, 0.6) is 0 Å². The summed E-state index contributed by atoms with van der Waals surface area (Å²) in [7, 11) is 0. The molecular formula is C17H13F3N2O2. The number of pyridine rings is 1. The van der Waals surface area contributed by atoms with Gasteiger partial charge in [0.05, 0.1) is 12.1 Å². The number of aromatic nitrogens is 2. The number of hydrogen-bond acceptors (Lipinski definition) is 2. The molecule has 0 aliphatic carbocycles. The monoisotopic (exact) mass is 334 g/mol. The van der Waals surface area contributed by atoms with Crippen molar-refractivity contribution in [3.63, 3.8) is 0 Å². The van der Waals surface area contributed by atoms with E-state index >= 15 is 0 Å². The number of hydrogen-bond donors (Lipinski definition) is 0. The van der Waals surface area contributed by atoms with Gasteiger partial charge in [0.2, 0.25) is 0 Å². The molecule has 0 amide bonds. The SMILES string of the molecule is Cc1cc(Cn2ccn3c(=O)cccc3c2=O)cc(C(F)(F)F)c1. The third kappa shape index (κ3) is 2.97. The number of nitrogens with zero attached hydrogens (tertiary/aromatic N) is 2. The topological polar surface area (TPSA) is 43.5 Å². The summed E-state index contributed by atoms with van der Waals surface area (Å²) in [6.45, 7) is 1.56. The van der Waals surface area contributed by atoms with Gasteiger partial charge in [0.25, 0.3) is 11.1 Å². The van der Waals surface area contributed by atoms with Gasteiger partial charge in [-0.3, -0.25) is 14.0 Å². The summed E-state index contributed by atoms with van der Waals surface area (Å²) in [6.07, 6.45) is -1.62. The highest BCUT2D eigenvalue weighted by atomic mass is 19.4. The zero-order valence-corrected chi connectivity index (χ0v) is 12.7. The van der Waals surface area contributed by atoms with Crippen molar-refractivity contribution in [1.82, 2.24) is 8.97 Å². The molecule has 0 aliphatic rings. The van der Waals surface area contributed by atoms with Gasteiger partial charge in [0, 0.05) is 18.5 Å². The van der Waals surface area contributed by atoms with Gasteiger partial charge in [0.15, 0.2) is 0 Å². The Kier molecular flexibility index (Phi) is 3.79. The lowest BCUT2D eigenvalue weighted by molar-refractivity contribution is -0.137. The van der Waals surface area contributed by atoms with Crippen LogP contribution in [0.25, 0.3) is 5.52 Å². The van der Waals surface area contributed by atoms with Gasteiger partial charge in [-0.2, -0.15) is 13.2 Å². The molecule has 24 heavy (non-hydrogen) atoms. The van der Waals surface area contributed by atoms with E-state index in [9.17, 15) is 22.8 Å². The zero-order valence-electron chi connectivity index (χ0n) is 12.7. The molecule has 2 heterocycles. The van der Waals surface area contributed by atoms with Crippen LogP contribution in [-0.2, 0) is 12.7 Å². The van der Waals surface area contributed by atoms with Gasteiger partial charge in [0.1, 0.15) is 5.52 Å². The van der Waals surface area contributed by atoms with E-state index in [-0.39, 0.29) is 17.6 Å². The smallest absolute Gasteiger partial charge is 0.308 e. The van der Waals surface area contributed by atoms with Crippen molar-refractivity contribution in [2.24, 2.45) is 0 Å². The molecule has 0 fully saturated rings. The minimum atomic E-state index is -4.44. The quantitative estimate of drug-likeness (QED) is 0.723. The van der Waals surface area contributed by atoms with Crippen LogP contribution >= 0.6 is 0 Å². The third-order valence-corrected chi connectivity index (χ3v) is 3.68. The lowest BCUT2D eigenvalue weighted by atomic mass is 10.1. The van der Waals surface area contributed by atoms with Gasteiger partial charge in [-0.1, -0.05) is 17.7 Å². The van der Waals surface area contributed by atoms with Gasteiger partial charge in [-0.25, -0.2) is 0 Å². The molecule has 0 bridgehead atoms. The molecule has 3 aromatic rings. The fraction of sp³-hybridized carbons (Fsp3) is 0.176. The fourth-order valence-corrected chi connectivity index (χ4v) is 2.63.